The third-order valence-corrected chi connectivity index (χ3v) is 3.24. The fourth-order valence-corrected chi connectivity index (χ4v) is 1.94. The Morgan fingerprint density at radius 3 is 2.63 bits per heavy atom. The molecule has 0 aliphatic carbocycles. The second kappa shape index (κ2) is 5.16. The molecule has 1 aromatic carbocycles. The molecule has 1 unspecified atom stereocenters. The molecule has 1 aromatic rings. The van der Waals surface area contributed by atoms with Gasteiger partial charge in [0.05, 0.1) is 13.2 Å². The smallest absolute Gasteiger partial charge is 0.165 e. The summed E-state index contributed by atoms with van der Waals surface area (Å²) in [6.07, 6.45) is 5.21. The molecular weight excluding hydrogens is 240 g/mol. The molecule has 0 amide bonds. The molecule has 0 spiro atoms. The maximum Gasteiger partial charge on any atom is 0.165 e. The lowest BCUT2D eigenvalue weighted by Crippen LogP contribution is -2.27. The summed E-state index contributed by atoms with van der Waals surface area (Å²) >= 11 is 0. The molecule has 0 radical (unpaired) electrons. The standard InChI is InChI=1S/C16H22O3/c1-6-11(2)18-15-10-13-12(9-14(15)17-5)7-8-16(3,4)19-13/h7-11H,6H2,1-5H3. The van der Waals surface area contributed by atoms with Gasteiger partial charge >= 0.3 is 0 Å². The van der Waals surface area contributed by atoms with Crippen molar-refractivity contribution < 1.29 is 14.2 Å². The average Bonchev–Trinajstić information content (AvgIpc) is 2.36. The van der Waals surface area contributed by atoms with Crippen molar-refractivity contribution in [2.45, 2.75) is 45.8 Å². The normalized spacial score (nSPS) is 17.3. The molecule has 0 saturated carbocycles. The van der Waals surface area contributed by atoms with Gasteiger partial charge in [0.15, 0.2) is 11.5 Å². The Labute approximate surface area is 115 Å². The summed E-state index contributed by atoms with van der Waals surface area (Å²) in [5.74, 6) is 2.32. The van der Waals surface area contributed by atoms with Crippen LogP contribution in [0.25, 0.3) is 6.08 Å². The lowest BCUT2D eigenvalue weighted by Gasteiger charge is -2.28. The molecule has 0 fully saturated rings. The highest BCUT2D eigenvalue weighted by Crippen LogP contribution is 2.40. The van der Waals surface area contributed by atoms with Crippen LogP contribution in [0.3, 0.4) is 0 Å². The van der Waals surface area contributed by atoms with Crippen LogP contribution >= 0.6 is 0 Å². The van der Waals surface area contributed by atoms with Gasteiger partial charge in [0.25, 0.3) is 0 Å². The monoisotopic (exact) mass is 262 g/mol. The molecule has 0 N–H and O–H groups in total. The summed E-state index contributed by atoms with van der Waals surface area (Å²) in [5.41, 5.74) is 0.738. The summed E-state index contributed by atoms with van der Waals surface area (Å²) < 4.78 is 17.2. The summed E-state index contributed by atoms with van der Waals surface area (Å²) in [6, 6.07) is 3.88. The minimum atomic E-state index is -0.283. The number of ether oxygens (including phenoxy) is 3. The third kappa shape index (κ3) is 3.03. The first-order valence-electron chi connectivity index (χ1n) is 6.72. The van der Waals surface area contributed by atoms with E-state index in [1.165, 1.54) is 0 Å². The second-order valence-electron chi connectivity index (χ2n) is 5.42. The van der Waals surface area contributed by atoms with E-state index in [1.807, 2.05) is 39.0 Å². The lowest BCUT2D eigenvalue weighted by atomic mass is 10.0. The minimum absolute atomic E-state index is 0.152. The Balaban J connectivity index is 2.38. The number of hydrogen-bond donors (Lipinski definition) is 0. The molecule has 0 aromatic heterocycles. The van der Waals surface area contributed by atoms with Gasteiger partial charge in [-0.25, -0.2) is 0 Å². The summed E-state index contributed by atoms with van der Waals surface area (Å²) in [6.45, 7) is 8.21. The first-order valence-corrected chi connectivity index (χ1v) is 6.72. The van der Waals surface area contributed by atoms with Crippen molar-refractivity contribution in [1.82, 2.24) is 0 Å². The maximum atomic E-state index is 5.95. The maximum absolute atomic E-state index is 5.95. The quantitative estimate of drug-likeness (QED) is 0.819. The summed E-state index contributed by atoms with van der Waals surface area (Å²) in [7, 11) is 1.66. The molecule has 3 nitrogen and oxygen atoms in total. The van der Waals surface area contributed by atoms with Crippen LogP contribution in [0.15, 0.2) is 18.2 Å². The van der Waals surface area contributed by atoms with Gasteiger partial charge in [-0.1, -0.05) is 13.0 Å². The van der Waals surface area contributed by atoms with Crippen LogP contribution in [0, 0.1) is 0 Å². The molecule has 1 heterocycles. The third-order valence-electron chi connectivity index (χ3n) is 3.24. The van der Waals surface area contributed by atoms with Crippen LogP contribution in [-0.2, 0) is 0 Å². The zero-order valence-corrected chi connectivity index (χ0v) is 12.3. The Hall–Kier alpha value is -1.64. The van der Waals surface area contributed by atoms with E-state index in [9.17, 15) is 0 Å². The van der Waals surface area contributed by atoms with Crippen molar-refractivity contribution in [1.29, 1.82) is 0 Å². The first-order chi connectivity index (χ1) is 8.95. The zero-order valence-electron chi connectivity index (χ0n) is 12.3. The molecule has 1 aliphatic heterocycles. The van der Waals surface area contributed by atoms with Gasteiger partial charge in [0, 0.05) is 11.6 Å². The van der Waals surface area contributed by atoms with Crippen LogP contribution in [-0.4, -0.2) is 18.8 Å². The van der Waals surface area contributed by atoms with Crippen molar-refractivity contribution in [3.05, 3.63) is 23.8 Å². The van der Waals surface area contributed by atoms with Gasteiger partial charge in [-0.2, -0.15) is 0 Å². The fourth-order valence-electron chi connectivity index (χ4n) is 1.94. The van der Waals surface area contributed by atoms with Gasteiger partial charge < -0.3 is 14.2 Å². The second-order valence-corrected chi connectivity index (χ2v) is 5.42. The van der Waals surface area contributed by atoms with Crippen molar-refractivity contribution in [3.8, 4) is 17.2 Å². The van der Waals surface area contributed by atoms with E-state index in [2.05, 4.69) is 13.0 Å². The van der Waals surface area contributed by atoms with Gasteiger partial charge in [0.2, 0.25) is 0 Å². The zero-order chi connectivity index (χ0) is 14.0. The molecular formula is C16H22O3. The molecule has 19 heavy (non-hydrogen) atoms. The van der Waals surface area contributed by atoms with E-state index in [4.69, 9.17) is 14.2 Å². The largest absolute Gasteiger partial charge is 0.493 e. The average molecular weight is 262 g/mol. The van der Waals surface area contributed by atoms with Crippen molar-refractivity contribution in [2.24, 2.45) is 0 Å². The topological polar surface area (TPSA) is 27.7 Å². The number of methoxy groups -OCH3 is 1. The fraction of sp³-hybridized carbons (Fsp3) is 0.500. The van der Waals surface area contributed by atoms with E-state index >= 15 is 0 Å². The molecule has 0 bridgehead atoms. The Morgan fingerprint density at radius 1 is 1.26 bits per heavy atom. The van der Waals surface area contributed by atoms with Crippen LogP contribution in [0.2, 0.25) is 0 Å². The van der Waals surface area contributed by atoms with Gasteiger partial charge in [-0.3, -0.25) is 0 Å². The number of hydrogen-bond acceptors (Lipinski definition) is 3. The molecule has 1 atom stereocenters. The Bertz CT molecular complexity index is 489. The van der Waals surface area contributed by atoms with E-state index in [-0.39, 0.29) is 11.7 Å². The Morgan fingerprint density at radius 2 is 2.00 bits per heavy atom. The highest BCUT2D eigenvalue weighted by molar-refractivity contribution is 5.66. The molecule has 2 rings (SSSR count). The van der Waals surface area contributed by atoms with E-state index in [0.717, 1.165) is 29.2 Å². The van der Waals surface area contributed by atoms with Crippen LogP contribution in [0.4, 0.5) is 0 Å². The van der Waals surface area contributed by atoms with Crippen molar-refractivity contribution >= 4 is 6.08 Å². The molecule has 104 valence electrons. The van der Waals surface area contributed by atoms with Gasteiger partial charge in [0.1, 0.15) is 11.4 Å². The Kier molecular flexibility index (Phi) is 3.74. The molecule has 0 saturated heterocycles. The summed E-state index contributed by atoms with van der Waals surface area (Å²) in [5, 5.41) is 0. The molecule has 1 aliphatic rings. The lowest BCUT2D eigenvalue weighted by molar-refractivity contribution is 0.156. The highest BCUT2D eigenvalue weighted by atomic mass is 16.5. The summed E-state index contributed by atoms with van der Waals surface area (Å²) in [4.78, 5) is 0. The predicted octanol–water partition coefficient (Wildman–Crippen LogP) is 4.06. The van der Waals surface area contributed by atoms with Gasteiger partial charge in [-0.05, 0) is 39.3 Å². The predicted molar refractivity (Wildman–Crippen MR) is 77.1 cm³/mol. The van der Waals surface area contributed by atoms with Crippen molar-refractivity contribution in [2.75, 3.05) is 7.11 Å². The van der Waals surface area contributed by atoms with E-state index < -0.39 is 0 Å². The van der Waals surface area contributed by atoms with Crippen LogP contribution < -0.4 is 14.2 Å². The number of fused-ring (bicyclic) bond motifs is 1. The van der Waals surface area contributed by atoms with E-state index in [1.54, 1.807) is 7.11 Å². The SMILES string of the molecule is CCC(C)Oc1cc2c(cc1OC)C=CC(C)(C)O2. The highest BCUT2D eigenvalue weighted by Gasteiger charge is 2.23. The van der Waals surface area contributed by atoms with Crippen LogP contribution in [0.5, 0.6) is 17.2 Å². The van der Waals surface area contributed by atoms with E-state index in [0.29, 0.717) is 0 Å². The molecule has 3 heteroatoms. The first kappa shape index (κ1) is 13.8. The number of rotatable bonds is 4. The minimum Gasteiger partial charge on any atom is -0.493 e. The van der Waals surface area contributed by atoms with Crippen LogP contribution in [0.1, 0.15) is 39.7 Å². The van der Waals surface area contributed by atoms with Gasteiger partial charge in [-0.15, -0.1) is 0 Å². The number of benzene rings is 1. The van der Waals surface area contributed by atoms with Crippen molar-refractivity contribution in [3.63, 3.8) is 0 Å².